The Kier molecular flexibility index (Phi) is 5.95. The molecule has 0 aliphatic rings. The van der Waals surface area contributed by atoms with Crippen molar-refractivity contribution in [3.63, 3.8) is 0 Å². The number of rotatable bonds is 6. The molecule has 126 valence electrons. The Balaban J connectivity index is 1.92. The quantitative estimate of drug-likeness (QED) is 0.858. The van der Waals surface area contributed by atoms with Crippen molar-refractivity contribution in [1.29, 1.82) is 0 Å². The van der Waals surface area contributed by atoms with Gasteiger partial charge in [0.2, 0.25) is 5.91 Å². The molecule has 2 aromatic carbocycles. The number of nitrogens with zero attached hydrogens (tertiary/aromatic N) is 1. The lowest BCUT2D eigenvalue weighted by molar-refractivity contribution is -0.126. The third-order valence-electron chi connectivity index (χ3n) is 3.74. The second-order valence-electron chi connectivity index (χ2n) is 5.82. The molecule has 5 nitrogen and oxygen atoms in total. The van der Waals surface area contributed by atoms with Gasteiger partial charge in [-0.25, -0.2) is 0 Å². The highest BCUT2D eigenvalue weighted by atomic mass is 16.2. The minimum Gasteiger partial charge on any atom is -0.376 e. The summed E-state index contributed by atoms with van der Waals surface area (Å²) in [4.78, 5) is 25.4. The van der Waals surface area contributed by atoms with Crippen molar-refractivity contribution in [1.82, 2.24) is 10.2 Å². The van der Waals surface area contributed by atoms with E-state index in [1.807, 2.05) is 37.3 Å². The molecule has 2 rings (SSSR count). The molecule has 0 bridgehead atoms. The molecular weight excluding hydrogens is 302 g/mol. The van der Waals surface area contributed by atoms with Crippen LogP contribution in [0.1, 0.15) is 28.9 Å². The molecule has 5 heteroatoms. The highest BCUT2D eigenvalue weighted by Crippen LogP contribution is 2.14. The molecular formula is C19H23N3O2. The summed E-state index contributed by atoms with van der Waals surface area (Å²) in [5.41, 5.74) is 2.45. The Labute approximate surface area is 142 Å². The number of carbonyl (C=O) groups excluding carboxylic acids is 2. The minimum atomic E-state index is -0.123. The molecule has 0 heterocycles. The van der Waals surface area contributed by atoms with Gasteiger partial charge in [0.25, 0.3) is 5.91 Å². The normalized spacial score (nSPS) is 11.5. The van der Waals surface area contributed by atoms with Crippen molar-refractivity contribution in [3.05, 3.63) is 65.7 Å². The van der Waals surface area contributed by atoms with Crippen LogP contribution < -0.4 is 10.6 Å². The maximum atomic E-state index is 12.3. The average Bonchev–Trinajstić information content (AvgIpc) is 2.60. The molecule has 1 unspecified atom stereocenters. The standard InChI is InChI=1S/C19H23N3O2/c1-14(15-7-5-4-6-8-15)21-19(24)16-9-11-17(12-10-16)20-13-18(23)22(2)3/h4-12,14,20H,13H2,1-3H3,(H,21,24). The summed E-state index contributed by atoms with van der Waals surface area (Å²) in [6.45, 7) is 2.18. The van der Waals surface area contributed by atoms with Crippen molar-refractivity contribution in [2.75, 3.05) is 26.0 Å². The first-order valence-electron chi connectivity index (χ1n) is 7.87. The molecule has 0 saturated heterocycles. The van der Waals surface area contributed by atoms with Gasteiger partial charge < -0.3 is 15.5 Å². The van der Waals surface area contributed by atoms with Gasteiger partial charge >= 0.3 is 0 Å². The van der Waals surface area contributed by atoms with Crippen molar-refractivity contribution >= 4 is 17.5 Å². The second kappa shape index (κ2) is 8.15. The van der Waals surface area contributed by atoms with E-state index in [4.69, 9.17) is 0 Å². The maximum Gasteiger partial charge on any atom is 0.251 e. The van der Waals surface area contributed by atoms with Gasteiger partial charge in [-0.05, 0) is 36.8 Å². The van der Waals surface area contributed by atoms with Crippen molar-refractivity contribution in [2.45, 2.75) is 13.0 Å². The van der Waals surface area contributed by atoms with E-state index in [0.29, 0.717) is 5.56 Å². The smallest absolute Gasteiger partial charge is 0.251 e. The lowest BCUT2D eigenvalue weighted by atomic mass is 10.1. The molecule has 0 saturated carbocycles. The molecule has 2 aromatic rings. The van der Waals surface area contributed by atoms with Crippen LogP contribution in [0.4, 0.5) is 5.69 Å². The number of anilines is 1. The fraction of sp³-hybridized carbons (Fsp3) is 0.263. The van der Waals surface area contributed by atoms with Crippen LogP contribution in [0.2, 0.25) is 0 Å². The van der Waals surface area contributed by atoms with E-state index in [1.54, 1.807) is 38.4 Å². The Morgan fingerprint density at radius 2 is 1.62 bits per heavy atom. The van der Waals surface area contributed by atoms with Crippen LogP contribution in [0.5, 0.6) is 0 Å². The molecule has 24 heavy (non-hydrogen) atoms. The van der Waals surface area contributed by atoms with Crippen molar-refractivity contribution < 1.29 is 9.59 Å². The molecule has 1 atom stereocenters. The number of likely N-dealkylation sites (N-methyl/N-ethyl adjacent to an activating group) is 1. The first-order valence-corrected chi connectivity index (χ1v) is 7.87. The van der Waals surface area contributed by atoms with Gasteiger partial charge in [0.1, 0.15) is 0 Å². The number of benzene rings is 2. The fourth-order valence-corrected chi connectivity index (χ4v) is 2.18. The predicted molar refractivity (Wildman–Crippen MR) is 95.9 cm³/mol. The van der Waals surface area contributed by atoms with Crippen LogP contribution in [0.15, 0.2) is 54.6 Å². The number of nitrogens with one attached hydrogen (secondary N) is 2. The Morgan fingerprint density at radius 3 is 2.21 bits per heavy atom. The van der Waals surface area contributed by atoms with E-state index >= 15 is 0 Å². The Bertz CT molecular complexity index is 682. The zero-order chi connectivity index (χ0) is 17.5. The van der Waals surface area contributed by atoms with Gasteiger partial charge in [-0.3, -0.25) is 9.59 Å². The number of amides is 2. The molecule has 2 N–H and O–H groups in total. The van der Waals surface area contributed by atoms with E-state index in [9.17, 15) is 9.59 Å². The van der Waals surface area contributed by atoms with Crippen molar-refractivity contribution in [2.24, 2.45) is 0 Å². The van der Waals surface area contributed by atoms with Gasteiger partial charge in [0.05, 0.1) is 12.6 Å². The summed E-state index contributed by atoms with van der Waals surface area (Å²) in [5.74, 6) is -0.129. The van der Waals surface area contributed by atoms with E-state index < -0.39 is 0 Å². The monoisotopic (exact) mass is 325 g/mol. The summed E-state index contributed by atoms with van der Waals surface area (Å²) < 4.78 is 0. The highest BCUT2D eigenvalue weighted by Gasteiger charge is 2.11. The largest absolute Gasteiger partial charge is 0.376 e. The van der Waals surface area contributed by atoms with Crippen LogP contribution in [0.25, 0.3) is 0 Å². The van der Waals surface area contributed by atoms with E-state index in [2.05, 4.69) is 10.6 Å². The first kappa shape index (κ1) is 17.5. The van der Waals surface area contributed by atoms with Gasteiger partial charge in [0, 0.05) is 25.3 Å². The van der Waals surface area contributed by atoms with Gasteiger partial charge in [0.15, 0.2) is 0 Å². The lowest BCUT2D eigenvalue weighted by Gasteiger charge is -2.15. The Morgan fingerprint density at radius 1 is 1.00 bits per heavy atom. The Hall–Kier alpha value is -2.82. The first-order chi connectivity index (χ1) is 11.5. The zero-order valence-corrected chi connectivity index (χ0v) is 14.2. The van der Waals surface area contributed by atoms with Crippen LogP contribution in [0.3, 0.4) is 0 Å². The minimum absolute atomic E-state index is 0.00601. The summed E-state index contributed by atoms with van der Waals surface area (Å²) in [5, 5.41) is 6.01. The second-order valence-corrected chi connectivity index (χ2v) is 5.82. The van der Waals surface area contributed by atoms with Crippen LogP contribution in [-0.2, 0) is 4.79 Å². The van der Waals surface area contributed by atoms with Crippen molar-refractivity contribution in [3.8, 4) is 0 Å². The topological polar surface area (TPSA) is 61.4 Å². The van der Waals surface area contributed by atoms with Gasteiger partial charge in [-0.2, -0.15) is 0 Å². The SMILES string of the molecule is CC(NC(=O)c1ccc(NCC(=O)N(C)C)cc1)c1ccccc1. The maximum absolute atomic E-state index is 12.3. The number of carbonyl (C=O) groups is 2. The molecule has 0 aliphatic heterocycles. The summed E-state index contributed by atoms with van der Waals surface area (Å²) >= 11 is 0. The number of hydrogen-bond acceptors (Lipinski definition) is 3. The summed E-state index contributed by atoms with van der Waals surface area (Å²) in [7, 11) is 3.43. The van der Waals surface area contributed by atoms with Gasteiger partial charge in [-0.15, -0.1) is 0 Å². The zero-order valence-electron chi connectivity index (χ0n) is 14.2. The average molecular weight is 325 g/mol. The molecule has 0 aromatic heterocycles. The molecule has 0 aliphatic carbocycles. The van der Waals surface area contributed by atoms with E-state index in [-0.39, 0.29) is 24.4 Å². The summed E-state index contributed by atoms with van der Waals surface area (Å²) in [6, 6.07) is 16.8. The molecule has 0 spiro atoms. The predicted octanol–water partition coefficient (Wildman–Crippen LogP) is 2.68. The van der Waals surface area contributed by atoms with E-state index in [0.717, 1.165) is 11.3 Å². The van der Waals surface area contributed by atoms with Crippen LogP contribution in [-0.4, -0.2) is 37.4 Å². The van der Waals surface area contributed by atoms with Gasteiger partial charge in [-0.1, -0.05) is 30.3 Å². The summed E-state index contributed by atoms with van der Waals surface area (Å²) in [6.07, 6.45) is 0. The van der Waals surface area contributed by atoms with E-state index in [1.165, 1.54) is 4.90 Å². The van der Waals surface area contributed by atoms with Crippen LogP contribution >= 0.6 is 0 Å². The highest BCUT2D eigenvalue weighted by molar-refractivity contribution is 5.94. The number of hydrogen-bond donors (Lipinski definition) is 2. The fourth-order valence-electron chi connectivity index (χ4n) is 2.18. The third kappa shape index (κ3) is 4.84. The van der Waals surface area contributed by atoms with Crippen LogP contribution in [0, 0.1) is 0 Å². The molecule has 2 amide bonds. The molecule has 0 fully saturated rings. The third-order valence-corrected chi connectivity index (χ3v) is 3.74. The lowest BCUT2D eigenvalue weighted by Crippen LogP contribution is -2.28. The molecule has 0 radical (unpaired) electrons.